The van der Waals surface area contributed by atoms with E-state index >= 15 is 0 Å². The number of halogens is 2. The summed E-state index contributed by atoms with van der Waals surface area (Å²) in [7, 11) is 0. The van der Waals surface area contributed by atoms with Crippen molar-refractivity contribution in [1.29, 1.82) is 0 Å². The molecule has 2 aromatic rings. The van der Waals surface area contributed by atoms with Crippen molar-refractivity contribution in [2.75, 3.05) is 5.33 Å². The molecule has 0 bridgehead atoms. The van der Waals surface area contributed by atoms with Crippen LogP contribution >= 0.6 is 27.3 Å². The fourth-order valence-electron chi connectivity index (χ4n) is 1.75. The third-order valence-electron chi connectivity index (χ3n) is 2.59. The molecule has 84 valence electrons. The first kappa shape index (κ1) is 11.8. The van der Waals surface area contributed by atoms with Crippen molar-refractivity contribution in [1.82, 2.24) is 0 Å². The molecule has 0 spiro atoms. The highest BCUT2D eigenvalue weighted by atomic mass is 79.9. The molecule has 1 atom stereocenters. The van der Waals surface area contributed by atoms with Crippen LogP contribution in [0.3, 0.4) is 0 Å². The first-order valence-corrected chi connectivity index (χ1v) is 7.19. The van der Waals surface area contributed by atoms with Crippen molar-refractivity contribution in [3.8, 4) is 0 Å². The number of hydrogen-bond acceptors (Lipinski definition) is 1. The van der Waals surface area contributed by atoms with Gasteiger partial charge in [0.1, 0.15) is 5.82 Å². The summed E-state index contributed by atoms with van der Waals surface area (Å²) in [4.78, 5) is 0. The molecule has 0 radical (unpaired) electrons. The van der Waals surface area contributed by atoms with Crippen molar-refractivity contribution in [3.63, 3.8) is 0 Å². The van der Waals surface area contributed by atoms with Crippen molar-refractivity contribution in [2.24, 2.45) is 0 Å². The molecule has 1 heterocycles. The van der Waals surface area contributed by atoms with Crippen LogP contribution in [0.25, 0.3) is 0 Å². The summed E-state index contributed by atoms with van der Waals surface area (Å²) in [6, 6.07) is 9.11. The fraction of sp³-hybridized carbons (Fsp3) is 0.231. The lowest BCUT2D eigenvalue weighted by atomic mass is 9.94. The van der Waals surface area contributed by atoms with Crippen LogP contribution in [0.15, 0.2) is 41.1 Å². The molecule has 0 fully saturated rings. The van der Waals surface area contributed by atoms with Crippen LogP contribution in [0, 0.1) is 5.82 Å². The summed E-state index contributed by atoms with van der Waals surface area (Å²) in [6.45, 7) is 0. The summed E-state index contributed by atoms with van der Waals surface area (Å²) >= 11 is 5.15. The van der Waals surface area contributed by atoms with E-state index in [1.165, 1.54) is 11.6 Å². The average molecular weight is 299 g/mol. The fourth-order valence-corrected chi connectivity index (χ4v) is 3.01. The molecule has 0 aliphatic carbocycles. The van der Waals surface area contributed by atoms with E-state index in [2.05, 4.69) is 32.8 Å². The maximum Gasteiger partial charge on any atom is 0.126 e. The van der Waals surface area contributed by atoms with Gasteiger partial charge in [0.15, 0.2) is 0 Å². The van der Waals surface area contributed by atoms with Crippen LogP contribution < -0.4 is 0 Å². The molecule has 0 nitrogen and oxygen atoms in total. The number of alkyl halides is 1. The normalized spacial score (nSPS) is 12.6. The number of thiophene rings is 1. The first-order chi connectivity index (χ1) is 7.81. The van der Waals surface area contributed by atoms with Crippen LogP contribution in [0.5, 0.6) is 0 Å². The topological polar surface area (TPSA) is 0 Å². The quantitative estimate of drug-likeness (QED) is 0.723. The molecule has 0 saturated heterocycles. The molecule has 1 unspecified atom stereocenters. The largest absolute Gasteiger partial charge is 0.207 e. The highest BCUT2D eigenvalue weighted by Gasteiger charge is 2.14. The van der Waals surface area contributed by atoms with Crippen LogP contribution in [0.1, 0.15) is 17.0 Å². The van der Waals surface area contributed by atoms with Gasteiger partial charge in [-0.05, 0) is 40.4 Å². The van der Waals surface area contributed by atoms with Crippen molar-refractivity contribution < 1.29 is 4.39 Å². The van der Waals surface area contributed by atoms with Crippen LogP contribution in [-0.2, 0) is 6.42 Å². The average Bonchev–Trinajstić information content (AvgIpc) is 2.80. The van der Waals surface area contributed by atoms with Gasteiger partial charge in [-0.3, -0.25) is 0 Å². The Kier molecular flexibility index (Phi) is 4.13. The van der Waals surface area contributed by atoms with E-state index < -0.39 is 0 Å². The van der Waals surface area contributed by atoms with Gasteiger partial charge in [-0.25, -0.2) is 4.39 Å². The Bertz CT molecular complexity index is 439. The molecule has 3 heteroatoms. The molecule has 2 rings (SSSR count). The van der Waals surface area contributed by atoms with Gasteiger partial charge in [0.25, 0.3) is 0 Å². The van der Waals surface area contributed by atoms with Crippen LogP contribution in [-0.4, -0.2) is 5.33 Å². The minimum atomic E-state index is -0.109. The molecule has 0 amide bonds. The molecule has 0 aliphatic rings. The summed E-state index contributed by atoms with van der Waals surface area (Å²) in [6.07, 6.45) is 0.885. The summed E-state index contributed by atoms with van der Waals surface area (Å²) in [5, 5.41) is 4.96. The monoisotopic (exact) mass is 298 g/mol. The second-order valence-electron chi connectivity index (χ2n) is 3.71. The van der Waals surface area contributed by atoms with Crippen molar-refractivity contribution >= 4 is 27.3 Å². The second-order valence-corrected chi connectivity index (χ2v) is 5.14. The molecule has 0 aliphatic heterocycles. The van der Waals surface area contributed by atoms with E-state index in [1.807, 2.05) is 12.1 Å². The maximum absolute atomic E-state index is 13.6. The van der Waals surface area contributed by atoms with Crippen LogP contribution in [0.4, 0.5) is 4.39 Å². The highest BCUT2D eigenvalue weighted by molar-refractivity contribution is 9.09. The Balaban J connectivity index is 2.20. The molecule has 1 aromatic carbocycles. The predicted molar refractivity (Wildman–Crippen MR) is 71.0 cm³/mol. The zero-order valence-electron chi connectivity index (χ0n) is 8.70. The zero-order valence-corrected chi connectivity index (χ0v) is 11.1. The molecular weight excluding hydrogens is 287 g/mol. The Hall–Kier alpha value is -0.670. The third kappa shape index (κ3) is 2.71. The van der Waals surface area contributed by atoms with Gasteiger partial charge in [-0.1, -0.05) is 34.1 Å². The van der Waals surface area contributed by atoms with Gasteiger partial charge in [-0.2, -0.15) is 11.3 Å². The van der Waals surface area contributed by atoms with Gasteiger partial charge in [0.05, 0.1) is 0 Å². The molecule has 0 saturated carbocycles. The Morgan fingerprint density at radius 2 is 2.06 bits per heavy atom. The Morgan fingerprint density at radius 1 is 1.25 bits per heavy atom. The Morgan fingerprint density at radius 3 is 2.69 bits per heavy atom. The van der Waals surface area contributed by atoms with Gasteiger partial charge >= 0.3 is 0 Å². The first-order valence-electron chi connectivity index (χ1n) is 5.12. The number of hydrogen-bond donors (Lipinski definition) is 0. The van der Waals surface area contributed by atoms with Crippen LogP contribution in [0.2, 0.25) is 0 Å². The van der Waals surface area contributed by atoms with Gasteiger partial charge in [0.2, 0.25) is 0 Å². The molecule has 1 aromatic heterocycles. The van der Waals surface area contributed by atoms with E-state index in [9.17, 15) is 4.39 Å². The lowest BCUT2D eigenvalue weighted by molar-refractivity contribution is 0.590. The van der Waals surface area contributed by atoms with Gasteiger partial charge in [-0.15, -0.1) is 0 Å². The minimum Gasteiger partial charge on any atom is -0.207 e. The third-order valence-corrected chi connectivity index (χ3v) is 4.11. The molecular formula is C13H12BrFS. The molecule has 16 heavy (non-hydrogen) atoms. The van der Waals surface area contributed by atoms with Crippen molar-refractivity contribution in [3.05, 3.63) is 58.0 Å². The van der Waals surface area contributed by atoms with Gasteiger partial charge in [0, 0.05) is 11.2 Å². The number of benzene rings is 1. The predicted octanol–water partition coefficient (Wildman–Crippen LogP) is 4.61. The van der Waals surface area contributed by atoms with Crippen molar-refractivity contribution in [2.45, 2.75) is 12.3 Å². The summed E-state index contributed by atoms with van der Waals surface area (Å²) in [5.41, 5.74) is 2.07. The lowest BCUT2D eigenvalue weighted by Gasteiger charge is -2.14. The summed E-state index contributed by atoms with van der Waals surface area (Å²) in [5.74, 6) is 0.0954. The Labute approximate surface area is 107 Å². The van der Waals surface area contributed by atoms with Gasteiger partial charge < -0.3 is 0 Å². The van der Waals surface area contributed by atoms with E-state index in [0.29, 0.717) is 0 Å². The van der Waals surface area contributed by atoms with E-state index in [1.54, 1.807) is 17.4 Å². The van der Waals surface area contributed by atoms with E-state index in [0.717, 1.165) is 17.3 Å². The van der Waals surface area contributed by atoms with E-state index in [-0.39, 0.29) is 11.7 Å². The number of rotatable bonds is 4. The SMILES string of the molecule is Fc1ccccc1C(CBr)Cc1ccsc1. The maximum atomic E-state index is 13.6. The smallest absolute Gasteiger partial charge is 0.126 e. The summed E-state index contributed by atoms with van der Waals surface area (Å²) < 4.78 is 13.6. The standard InChI is InChI=1S/C13H12BrFS/c14-8-11(7-10-5-6-16-9-10)12-3-1-2-4-13(12)15/h1-6,9,11H,7-8H2. The zero-order chi connectivity index (χ0) is 11.4. The molecule has 0 N–H and O–H groups in total. The second kappa shape index (κ2) is 5.60. The lowest BCUT2D eigenvalue weighted by Crippen LogP contribution is -2.06. The minimum absolute atomic E-state index is 0.109. The van der Waals surface area contributed by atoms with E-state index in [4.69, 9.17) is 0 Å². The highest BCUT2D eigenvalue weighted by Crippen LogP contribution is 2.26.